The lowest BCUT2D eigenvalue weighted by atomic mass is 10.2. The second-order valence-corrected chi connectivity index (χ2v) is 7.81. The molecule has 3 rings (SSSR count). The van der Waals surface area contributed by atoms with Gasteiger partial charge in [0.25, 0.3) is 11.5 Å². The number of rotatable bonds is 3. The summed E-state index contributed by atoms with van der Waals surface area (Å²) in [4.78, 5) is 30.4. The third-order valence-corrected chi connectivity index (χ3v) is 5.50. The molecule has 0 aliphatic heterocycles. The molecular formula is C18H18ClN3O2S. The maximum absolute atomic E-state index is 12.7. The largest absolute Gasteiger partial charge is 0.322 e. The molecule has 1 aromatic carbocycles. The summed E-state index contributed by atoms with van der Waals surface area (Å²) < 4.78 is 2.07. The first-order valence-corrected chi connectivity index (χ1v) is 9.06. The van der Waals surface area contributed by atoms with Gasteiger partial charge in [-0.2, -0.15) is 0 Å². The summed E-state index contributed by atoms with van der Waals surface area (Å²) in [7, 11) is 0. The van der Waals surface area contributed by atoms with E-state index in [2.05, 4.69) is 10.3 Å². The molecule has 1 N–H and O–H groups in total. The van der Waals surface area contributed by atoms with E-state index in [-0.39, 0.29) is 17.5 Å². The third-order valence-electron chi connectivity index (χ3n) is 4.01. The summed E-state index contributed by atoms with van der Waals surface area (Å²) >= 11 is 7.41. The quantitative estimate of drug-likeness (QED) is 0.729. The van der Waals surface area contributed by atoms with Gasteiger partial charge in [-0.1, -0.05) is 17.7 Å². The smallest absolute Gasteiger partial charge is 0.271 e. The van der Waals surface area contributed by atoms with Crippen molar-refractivity contribution in [2.24, 2.45) is 0 Å². The molecule has 2 heterocycles. The topological polar surface area (TPSA) is 64.0 Å². The molecule has 0 unspecified atom stereocenters. The van der Waals surface area contributed by atoms with Gasteiger partial charge in [0.15, 0.2) is 0 Å². The maximum Gasteiger partial charge on any atom is 0.271 e. The van der Waals surface area contributed by atoms with Crippen molar-refractivity contribution >= 4 is 44.7 Å². The van der Waals surface area contributed by atoms with Crippen LogP contribution in [-0.2, 0) is 0 Å². The molecule has 5 nitrogen and oxygen atoms in total. The molecule has 0 saturated carbocycles. The number of carbonyl (C=O) groups excluding carboxylic acids is 1. The number of hydrogen-bond acceptors (Lipinski definition) is 4. The van der Waals surface area contributed by atoms with Crippen molar-refractivity contribution in [3.63, 3.8) is 0 Å². The van der Waals surface area contributed by atoms with E-state index >= 15 is 0 Å². The maximum atomic E-state index is 12.7. The zero-order chi connectivity index (χ0) is 18.3. The van der Waals surface area contributed by atoms with E-state index in [1.165, 1.54) is 17.7 Å². The first kappa shape index (κ1) is 17.6. The van der Waals surface area contributed by atoms with Crippen molar-refractivity contribution < 1.29 is 4.79 Å². The first-order chi connectivity index (χ1) is 11.8. The normalized spacial score (nSPS) is 11.3. The highest BCUT2D eigenvalue weighted by molar-refractivity contribution is 7.19. The van der Waals surface area contributed by atoms with Gasteiger partial charge < -0.3 is 5.32 Å². The molecule has 0 spiro atoms. The van der Waals surface area contributed by atoms with E-state index in [4.69, 9.17) is 11.6 Å². The van der Waals surface area contributed by atoms with Crippen LogP contribution in [0.5, 0.6) is 0 Å². The molecule has 0 bridgehead atoms. The molecule has 0 atom stereocenters. The fraction of sp³-hybridized carbons (Fsp3) is 0.278. The Morgan fingerprint density at radius 3 is 2.68 bits per heavy atom. The predicted molar refractivity (Wildman–Crippen MR) is 103 cm³/mol. The van der Waals surface area contributed by atoms with Crippen LogP contribution in [0, 0.1) is 13.8 Å². The number of halogens is 1. The second-order valence-electron chi connectivity index (χ2n) is 6.18. The van der Waals surface area contributed by atoms with E-state index in [0.717, 1.165) is 10.4 Å². The standard InChI is InChI=1S/C18H18ClN3O2S/c1-9(2)22-8-20-15-14(11(4)25-16(15)18(22)24)17(23)21-12-6-5-10(3)13(19)7-12/h5-9H,1-4H3,(H,21,23). The third kappa shape index (κ3) is 3.19. The highest BCUT2D eigenvalue weighted by atomic mass is 35.5. The Balaban J connectivity index is 2.04. The lowest BCUT2D eigenvalue weighted by Crippen LogP contribution is -2.22. The average molecular weight is 376 g/mol. The molecule has 0 radical (unpaired) electrons. The second kappa shape index (κ2) is 6.61. The fourth-order valence-electron chi connectivity index (χ4n) is 2.59. The molecular weight excluding hydrogens is 358 g/mol. The van der Waals surface area contributed by atoms with E-state index in [0.29, 0.717) is 26.5 Å². The monoisotopic (exact) mass is 375 g/mol. The summed E-state index contributed by atoms with van der Waals surface area (Å²) in [6, 6.07) is 5.36. The Morgan fingerprint density at radius 1 is 1.32 bits per heavy atom. The van der Waals surface area contributed by atoms with Crippen LogP contribution in [-0.4, -0.2) is 15.5 Å². The van der Waals surface area contributed by atoms with E-state index in [9.17, 15) is 9.59 Å². The van der Waals surface area contributed by atoms with Crippen molar-refractivity contribution in [2.45, 2.75) is 33.7 Å². The number of aromatic nitrogens is 2. The molecule has 0 aliphatic carbocycles. The minimum atomic E-state index is -0.294. The number of aryl methyl sites for hydroxylation is 2. The molecule has 2 aromatic heterocycles. The van der Waals surface area contributed by atoms with Crippen molar-refractivity contribution in [1.82, 2.24) is 9.55 Å². The van der Waals surface area contributed by atoms with Crippen LogP contribution >= 0.6 is 22.9 Å². The van der Waals surface area contributed by atoms with Crippen LogP contribution in [0.4, 0.5) is 5.69 Å². The number of carbonyl (C=O) groups is 1. The van der Waals surface area contributed by atoms with Crippen LogP contribution in [0.2, 0.25) is 5.02 Å². The van der Waals surface area contributed by atoms with Gasteiger partial charge in [-0.25, -0.2) is 4.98 Å². The van der Waals surface area contributed by atoms with E-state index < -0.39 is 0 Å². The Labute approximate surface area is 154 Å². The lowest BCUT2D eigenvalue weighted by Gasteiger charge is -2.09. The summed E-state index contributed by atoms with van der Waals surface area (Å²) in [6.07, 6.45) is 1.50. The summed E-state index contributed by atoms with van der Waals surface area (Å²) in [5, 5.41) is 3.42. The van der Waals surface area contributed by atoms with Crippen molar-refractivity contribution in [2.75, 3.05) is 5.32 Å². The zero-order valence-corrected chi connectivity index (χ0v) is 16.0. The van der Waals surface area contributed by atoms with Gasteiger partial charge in [0, 0.05) is 21.6 Å². The van der Waals surface area contributed by atoms with Gasteiger partial charge >= 0.3 is 0 Å². The number of nitrogens with zero attached hydrogens (tertiary/aromatic N) is 2. The van der Waals surface area contributed by atoms with Crippen molar-refractivity contribution in [3.05, 3.63) is 55.9 Å². The summed E-state index contributed by atoms with van der Waals surface area (Å²) in [6.45, 7) is 7.56. The van der Waals surface area contributed by atoms with Crippen LogP contribution in [0.25, 0.3) is 10.2 Å². The van der Waals surface area contributed by atoms with Gasteiger partial charge in [0.1, 0.15) is 10.2 Å². The van der Waals surface area contributed by atoms with Crippen LogP contribution in [0.1, 0.15) is 40.7 Å². The van der Waals surface area contributed by atoms with E-state index in [1.54, 1.807) is 16.7 Å². The van der Waals surface area contributed by atoms with Crippen molar-refractivity contribution in [3.8, 4) is 0 Å². The number of anilines is 1. The minimum Gasteiger partial charge on any atom is -0.322 e. The molecule has 3 aromatic rings. The average Bonchev–Trinajstić information content (AvgIpc) is 2.88. The SMILES string of the molecule is Cc1ccc(NC(=O)c2c(C)sc3c(=O)n(C(C)C)cnc23)cc1Cl. The van der Waals surface area contributed by atoms with Gasteiger partial charge in [0.05, 0.1) is 11.9 Å². The Morgan fingerprint density at radius 2 is 2.04 bits per heavy atom. The van der Waals surface area contributed by atoms with Crippen molar-refractivity contribution in [1.29, 1.82) is 0 Å². The Hall–Kier alpha value is -2.18. The number of thiophene rings is 1. The fourth-order valence-corrected chi connectivity index (χ4v) is 3.81. The summed E-state index contributed by atoms with van der Waals surface area (Å²) in [5.41, 5.74) is 2.30. The number of amides is 1. The summed E-state index contributed by atoms with van der Waals surface area (Å²) in [5.74, 6) is -0.294. The number of benzene rings is 1. The number of hydrogen-bond donors (Lipinski definition) is 1. The minimum absolute atomic E-state index is 0.0128. The van der Waals surface area contributed by atoms with Gasteiger partial charge in [-0.15, -0.1) is 11.3 Å². The molecule has 0 aliphatic rings. The molecule has 0 fully saturated rings. The van der Waals surface area contributed by atoms with Crippen LogP contribution in [0.3, 0.4) is 0 Å². The highest BCUT2D eigenvalue weighted by Gasteiger charge is 2.21. The van der Waals surface area contributed by atoms with Crippen LogP contribution < -0.4 is 10.9 Å². The Bertz CT molecular complexity index is 1040. The molecule has 130 valence electrons. The van der Waals surface area contributed by atoms with Gasteiger partial charge in [0.2, 0.25) is 0 Å². The number of fused-ring (bicyclic) bond motifs is 1. The highest BCUT2D eigenvalue weighted by Crippen LogP contribution is 2.28. The van der Waals surface area contributed by atoms with Gasteiger partial charge in [-0.3, -0.25) is 14.2 Å². The number of nitrogens with one attached hydrogen (secondary N) is 1. The first-order valence-electron chi connectivity index (χ1n) is 7.87. The molecule has 25 heavy (non-hydrogen) atoms. The van der Waals surface area contributed by atoms with Crippen LogP contribution in [0.15, 0.2) is 29.3 Å². The van der Waals surface area contributed by atoms with Gasteiger partial charge in [-0.05, 0) is 45.4 Å². The predicted octanol–water partition coefficient (Wildman–Crippen LogP) is 4.56. The Kier molecular flexibility index (Phi) is 4.67. The lowest BCUT2D eigenvalue weighted by molar-refractivity contribution is 0.102. The molecule has 1 amide bonds. The zero-order valence-electron chi connectivity index (χ0n) is 14.4. The van der Waals surface area contributed by atoms with E-state index in [1.807, 2.05) is 33.8 Å². The molecule has 7 heteroatoms. The molecule has 0 saturated heterocycles.